The maximum atomic E-state index is 8.50. The van der Waals surface area contributed by atoms with Crippen molar-refractivity contribution in [2.24, 2.45) is 5.41 Å². The van der Waals surface area contributed by atoms with Gasteiger partial charge in [-0.3, -0.25) is 0 Å². The van der Waals surface area contributed by atoms with Crippen molar-refractivity contribution in [3.63, 3.8) is 0 Å². The molecule has 0 aliphatic heterocycles. The zero-order valence-electron chi connectivity index (χ0n) is 14.6. The topological polar surface area (TPSA) is 71.6 Å². The van der Waals surface area contributed by atoms with Crippen LogP contribution in [-0.4, -0.2) is 17.1 Å². The fourth-order valence-corrected chi connectivity index (χ4v) is 3.05. The largest absolute Gasteiger partial charge is 0.308 e. The Labute approximate surface area is 134 Å². The van der Waals surface area contributed by atoms with Crippen molar-refractivity contribution in [3.05, 3.63) is 34.9 Å². The summed E-state index contributed by atoms with van der Waals surface area (Å²) in [6, 6.07) is 6.32. The Morgan fingerprint density at radius 3 is 1.73 bits per heavy atom. The highest BCUT2D eigenvalue weighted by atomic mass is 14.6. The minimum atomic E-state index is -0.837. The van der Waals surface area contributed by atoms with Crippen LogP contribution in [0.5, 0.6) is 0 Å². The summed E-state index contributed by atoms with van der Waals surface area (Å²) in [6.45, 7) is 9.98. The lowest BCUT2D eigenvalue weighted by Crippen LogP contribution is -2.47. The van der Waals surface area contributed by atoms with Crippen LogP contribution in [0.2, 0.25) is 0 Å². The van der Waals surface area contributed by atoms with Gasteiger partial charge in [0.15, 0.2) is 0 Å². The average Bonchev–Trinajstić information content (AvgIpc) is 2.53. The summed E-state index contributed by atoms with van der Waals surface area (Å²) in [6.07, 6.45) is 2.30. The Kier molecular flexibility index (Phi) is 6.21. The molecule has 0 saturated carbocycles. The molecule has 1 rings (SSSR count). The molecule has 0 atom stereocenters. The van der Waals surface area contributed by atoms with E-state index in [0.29, 0.717) is 42.8 Å². The van der Waals surface area contributed by atoms with Crippen LogP contribution in [-0.2, 0) is 6.42 Å². The van der Waals surface area contributed by atoms with Crippen LogP contribution in [0.4, 0.5) is 0 Å². The van der Waals surface area contributed by atoms with E-state index in [9.17, 15) is 0 Å². The molecule has 0 radical (unpaired) electrons. The SMILES string of the molecule is CCC(=N)C(Cc1cc(C)ccc1C)(C(=N)CC)C(=N)CC. The van der Waals surface area contributed by atoms with Gasteiger partial charge in [0.25, 0.3) is 0 Å². The third-order valence-electron chi connectivity index (χ3n) is 4.57. The van der Waals surface area contributed by atoms with Crippen molar-refractivity contribution in [2.45, 2.75) is 60.3 Å². The molecule has 120 valence electrons. The Hall–Kier alpha value is -1.77. The van der Waals surface area contributed by atoms with Crippen LogP contribution in [0.3, 0.4) is 0 Å². The van der Waals surface area contributed by atoms with Crippen molar-refractivity contribution in [1.82, 2.24) is 0 Å². The van der Waals surface area contributed by atoms with Crippen LogP contribution >= 0.6 is 0 Å². The van der Waals surface area contributed by atoms with E-state index in [1.54, 1.807) is 0 Å². The van der Waals surface area contributed by atoms with E-state index in [0.717, 1.165) is 5.56 Å². The van der Waals surface area contributed by atoms with Crippen LogP contribution < -0.4 is 0 Å². The summed E-state index contributed by atoms with van der Waals surface area (Å²) in [7, 11) is 0. The molecule has 1 aromatic carbocycles. The van der Waals surface area contributed by atoms with Gasteiger partial charge >= 0.3 is 0 Å². The monoisotopic (exact) mass is 299 g/mol. The second kappa shape index (κ2) is 7.48. The molecule has 0 fully saturated rings. The van der Waals surface area contributed by atoms with E-state index in [4.69, 9.17) is 16.2 Å². The number of hydrogen-bond acceptors (Lipinski definition) is 3. The highest BCUT2D eigenvalue weighted by molar-refractivity contribution is 6.26. The predicted molar refractivity (Wildman–Crippen MR) is 96.1 cm³/mol. The molecule has 22 heavy (non-hydrogen) atoms. The van der Waals surface area contributed by atoms with Crippen LogP contribution in [0.25, 0.3) is 0 Å². The van der Waals surface area contributed by atoms with Gasteiger partial charge in [0.1, 0.15) is 0 Å². The third-order valence-corrected chi connectivity index (χ3v) is 4.57. The molecule has 1 aromatic rings. The molecular weight excluding hydrogens is 270 g/mol. The van der Waals surface area contributed by atoms with Gasteiger partial charge in [0, 0.05) is 17.1 Å². The highest BCUT2D eigenvalue weighted by Gasteiger charge is 2.41. The molecule has 0 bridgehead atoms. The van der Waals surface area contributed by atoms with E-state index in [1.165, 1.54) is 11.1 Å². The van der Waals surface area contributed by atoms with Crippen LogP contribution in [0.15, 0.2) is 18.2 Å². The fraction of sp³-hybridized carbons (Fsp3) is 0.526. The molecular formula is C19H29N3. The first-order chi connectivity index (χ1) is 10.3. The van der Waals surface area contributed by atoms with E-state index >= 15 is 0 Å². The summed E-state index contributed by atoms with van der Waals surface area (Å²) in [4.78, 5) is 0. The number of rotatable bonds is 8. The molecule has 0 saturated heterocycles. The fourth-order valence-electron chi connectivity index (χ4n) is 3.05. The van der Waals surface area contributed by atoms with E-state index in [2.05, 4.69) is 32.0 Å². The van der Waals surface area contributed by atoms with Gasteiger partial charge in [-0.25, -0.2) is 0 Å². The van der Waals surface area contributed by atoms with Gasteiger partial charge in [-0.15, -0.1) is 0 Å². The predicted octanol–water partition coefficient (Wildman–Crippen LogP) is 5.12. The van der Waals surface area contributed by atoms with Gasteiger partial charge in [0.2, 0.25) is 0 Å². The van der Waals surface area contributed by atoms with Crippen molar-refractivity contribution in [3.8, 4) is 0 Å². The number of hydrogen-bond donors (Lipinski definition) is 3. The van der Waals surface area contributed by atoms with Gasteiger partial charge in [-0.05, 0) is 50.7 Å². The standard InChI is InChI=1S/C19H29N3/c1-6-16(20)19(17(21)7-2,18(22)8-3)12-15-11-13(4)9-10-14(15)5/h9-11,20-22H,6-8,12H2,1-5H3. The van der Waals surface area contributed by atoms with Gasteiger partial charge in [-0.1, -0.05) is 44.5 Å². The zero-order chi connectivity index (χ0) is 16.9. The van der Waals surface area contributed by atoms with Gasteiger partial charge in [0.05, 0.1) is 5.41 Å². The number of nitrogens with one attached hydrogen (secondary N) is 3. The lowest BCUT2D eigenvalue weighted by Gasteiger charge is -2.36. The molecule has 0 aliphatic carbocycles. The van der Waals surface area contributed by atoms with Crippen LogP contribution in [0, 0.1) is 35.5 Å². The van der Waals surface area contributed by atoms with E-state index in [-0.39, 0.29) is 0 Å². The van der Waals surface area contributed by atoms with Crippen molar-refractivity contribution in [2.75, 3.05) is 0 Å². The first-order valence-corrected chi connectivity index (χ1v) is 8.13. The quantitative estimate of drug-likeness (QED) is 0.557. The second-order valence-corrected chi connectivity index (χ2v) is 6.01. The average molecular weight is 299 g/mol. The van der Waals surface area contributed by atoms with Crippen molar-refractivity contribution in [1.29, 1.82) is 16.2 Å². The Morgan fingerprint density at radius 2 is 1.32 bits per heavy atom. The Morgan fingerprint density at radius 1 is 0.864 bits per heavy atom. The Bertz CT molecular complexity index is 544. The summed E-state index contributed by atoms with van der Waals surface area (Å²) in [5, 5.41) is 25.5. The normalized spacial score (nSPS) is 13.5. The second-order valence-electron chi connectivity index (χ2n) is 6.01. The minimum absolute atomic E-state index is 0.493. The maximum Gasteiger partial charge on any atom is 0.0868 e. The maximum absolute atomic E-state index is 8.50. The molecule has 3 heteroatoms. The Balaban J connectivity index is 3.48. The van der Waals surface area contributed by atoms with Crippen LogP contribution in [0.1, 0.15) is 56.7 Å². The highest BCUT2D eigenvalue weighted by Crippen LogP contribution is 2.33. The molecule has 0 amide bonds. The lowest BCUT2D eigenvalue weighted by atomic mass is 9.67. The van der Waals surface area contributed by atoms with E-state index < -0.39 is 5.41 Å². The molecule has 0 spiro atoms. The van der Waals surface area contributed by atoms with Crippen molar-refractivity contribution >= 4 is 17.1 Å². The molecule has 0 unspecified atom stereocenters. The van der Waals surface area contributed by atoms with Crippen molar-refractivity contribution < 1.29 is 0 Å². The lowest BCUT2D eigenvalue weighted by molar-refractivity contribution is 0.697. The third kappa shape index (κ3) is 3.34. The van der Waals surface area contributed by atoms with Gasteiger partial charge < -0.3 is 16.2 Å². The first-order valence-electron chi connectivity index (χ1n) is 8.13. The smallest absolute Gasteiger partial charge is 0.0868 e. The minimum Gasteiger partial charge on any atom is -0.308 e. The summed E-state index contributed by atoms with van der Waals surface area (Å²) in [5.41, 5.74) is 4.15. The number of aryl methyl sites for hydroxylation is 2. The molecule has 0 aliphatic rings. The number of benzene rings is 1. The molecule has 0 aromatic heterocycles. The summed E-state index contributed by atoms with van der Waals surface area (Å²) < 4.78 is 0. The molecule has 0 heterocycles. The zero-order valence-corrected chi connectivity index (χ0v) is 14.6. The molecule has 3 nitrogen and oxygen atoms in total. The first kappa shape index (κ1) is 18.3. The van der Waals surface area contributed by atoms with E-state index in [1.807, 2.05) is 20.8 Å². The van der Waals surface area contributed by atoms with Gasteiger partial charge in [-0.2, -0.15) is 0 Å². The summed E-state index contributed by atoms with van der Waals surface area (Å²) >= 11 is 0. The summed E-state index contributed by atoms with van der Waals surface area (Å²) in [5.74, 6) is 0. The molecule has 3 N–H and O–H groups in total.